The zero-order valence-electron chi connectivity index (χ0n) is 11.8. The summed E-state index contributed by atoms with van der Waals surface area (Å²) in [7, 11) is 0. The highest BCUT2D eigenvalue weighted by molar-refractivity contribution is 7.80. The Hall–Kier alpha value is -1.33. The number of benzene rings is 1. The second kappa shape index (κ2) is 4.85. The Labute approximate surface area is 133 Å². The first-order valence-corrected chi connectivity index (χ1v) is 7.54. The van der Waals surface area contributed by atoms with Gasteiger partial charge in [0.2, 0.25) is 0 Å². The summed E-state index contributed by atoms with van der Waals surface area (Å²) in [4.78, 5) is 1.94. The van der Waals surface area contributed by atoms with E-state index in [1.165, 1.54) is 6.07 Å². The third-order valence-corrected chi connectivity index (χ3v) is 5.07. The molecule has 0 spiro atoms. The highest BCUT2D eigenvalue weighted by atomic mass is 35.5. The summed E-state index contributed by atoms with van der Waals surface area (Å²) in [6.45, 7) is 8.30. The lowest BCUT2D eigenvalue weighted by Gasteiger charge is -2.56. The van der Waals surface area contributed by atoms with Crippen LogP contribution >= 0.6 is 23.8 Å². The van der Waals surface area contributed by atoms with Gasteiger partial charge in [0.25, 0.3) is 0 Å². The highest BCUT2D eigenvalue weighted by Crippen LogP contribution is 2.49. The number of rotatable bonds is 2. The van der Waals surface area contributed by atoms with Crippen molar-refractivity contribution in [2.75, 3.05) is 6.54 Å². The number of nitrogens with one attached hydrogen (secondary N) is 1. The zero-order valence-corrected chi connectivity index (χ0v) is 13.4. The lowest BCUT2D eigenvalue weighted by Crippen LogP contribution is -2.69. The van der Waals surface area contributed by atoms with E-state index in [0.29, 0.717) is 23.0 Å². The fourth-order valence-electron chi connectivity index (χ4n) is 3.11. The lowest BCUT2D eigenvalue weighted by molar-refractivity contribution is -0.107. The molecule has 1 fully saturated rings. The third kappa shape index (κ3) is 1.94. The van der Waals surface area contributed by atoms with E-state index in [4.69, 9.17) is 28.6 Å². The maximum atomic E-state index is 14.4. The van der Waals surface area contributed by atoms with Crippen molar-refractivity contribution in [1.82, 2.24) is 10.2 Å². The topological polar surface area (TPSA) is 24.5 Å². The van der Waals surface area contributed by atoms with Gasteiger partial charge in [0.15, 0.2) is 16.7 Å². The minimum Gasteiger partial charge on any atom is -0.467 e. The number of halogens is 2. The van der Waals surface area contributed by atoms with Gasteiger partial charge in [-0.2, -0.15) is 0 Å². The van der Waals surface area contributed by atoms with E-state index in [2.05, 4.69) is 11.9 Å². The first-order valence-electron chi connectivity index (χ1n) is 6.76. The van der Waals surface area contributed by atoms with Gasteiger partial charge in [-0.3, -0.25) is 0 Å². The largest absolute Gasteiger partial charge is 0.467 e. The van der Waals surface area contributed by atoms with E-state index in [1.807, 2.05) is 18.7 Å². The summed E-state index contributed by atoms with van der Waals surface area (Å²) in [6, 6.07) is 2.96. The van der Waals surface area contributed by atoms with Gasteiger partial charge in [-0.05, 0) is 31.3 Å². The normalized spacial score (nSPS) is 30.3. The fourth-order valence-corrected chi connectivity index (χ4v) is 3.65. The molecular weight excluding hydrogens is 311 g/mol. The molecule has 2 bridgehead atoms. The van der Waals surface area contributed by atoms with Crippen molar-refractivity contribution in [3.8, 4) is 5.75 Å². The molecule has 3 unspecified atom stereocenters. The molecule has 0 radical (unpaired) electrons. The molecule has 1 aromatic carbocycles. The van der Waals surface area contributed by atoms with E-state index in [9.17, 15) is 4.39 Å². The van der Waals surface area contributed by atoms with E-state index >= 15 is 0 Å². The molecule has 0 aliphatic carbocycles. The standard InChI is InChI=1S/C15H16ClFN2OS/c1-4-7-19-14(21)18-13-8(2)15(19,3)20-10-6-5-9(16)12(17)11(10)13/h4-6,8,13H,1,7H2,2-3H3,(H,18,21). The molecule has 2 aliphatic heterocycles. The van der Waals surface area contributed by atoms with Crippen LogP contribution in [0.1, 0.15) is 25.5 Å². The molecular formula is C15H16ClFN2OS. The minimum atomic E-state index is -0.644. The van der Waals surface area contributed by atoms with Gasteiger partial charge in [-0.25, -0.2) is 4.39 Å². The Balaban J connectivity index is 2.16. The first-order chi connectivity index (χ1) is 9.90. The second-order valence-corrected chi connectivity index (χ2v) is 6.34. The van der Waals surface area contributed by atoms with Gasteiger partial charge < -0.3 is 15.0 Å². The van der Waals surface area contributed by atoms with Crippen molar-refractivity contribution >= 4 is 28.9 Å². The summed E-state index contributed by atoms with van der Waals surface area (Å²) >= 11 is 11.3. The lowest BCUT2D eigenvalue weighted by atomic mass is 9.80. The smallest absolute Gasteiger partial charge is 0.187 e. The maximum absolute atomic E-state index is 14.4. The van der Waals surface area contributed by atoms with Crippen LogP contribution in [0.5, 0.6) is 5.75 Å². The Morgan fingerprint density at radius 3 is 3.00 bits per heavy atom. The predicted molar refractivity (Wildman–Crippen MR) is 85.0 cm³/mol. The van der Waals surface area contributed by atoms with Crippen LogP contribution in [-0.2, 0) is 0 Å². The third-order valence-electron chi connectivity index (χ3n) is 4.44. The molecule has 2 aliphatic rings. The highest BCUT2D eigenvalue weighted by Gasteiger charge is 2.53. The van der Waals surface area contributed by atoms with E-state index in [1.54, 1.807) is 12.1 Å². The minimum absolute atomic E-state index is 0.00961. The van der Waals surface area contributed by atoms with Crippen molar-refractivity contribution in [3.63, 3.8) is 0 Å². The molecule has 1 saturated heterocycles. The summed E-state index contributed by atoms with van der Waals surface area (Å²) in [5.74, 6) is 0.0525. The van der Waals surface area contributed by atoms with Gasteiger partial charge >= 0.3 is 0 Å². The summed E-state index contributed by atoms with van der Waals surface area (Å²) in [5.41, 5.74) is -0.192. The average Bonchev–Trinajstić information content (AvgIpc) is 2.43. The molecule has 1 N–H and O–H groups in total. The molecule has 21 heavy (non-hydrogen) atoms. The van der Waals surface area contributed by atoms with Crippen LogP contribution < -0.4 is 10.1 Å². The average molecular weight is 327 g/mol. The van der Waals surface area contributed by atoms with E-state index in [-0.39, 0.29) is 17.0 Å². The van der Waals surface area contributed by atoms with Crippen LogP contribution in [-0.4, -0.2) is 22.3 Å². The molecule has 0 amide bonds. The molecule has 3 nitrogen and oxygen atoms in total. The molecule has 0 aromatic heterocycles. The number of thiocarbonyl (C=S) groups is 1. The van der Waals surface area contributed by atoms with E-state index < -0.39 is 11.5 Å². The fraction of sp³-hybridized carbons (Fsp3) is 0.400. The van der Waals surface area contributed by atoms with Crippen LogP contribution in [0.15, 0.2) is 24.8 Å². The van der Waals surface area contributed by atoms with E-state index in [0.717, 1.165) is 0 Å². The van der Waals surface area contributed by atoms with Crippen molar-refractivity contribution in [3.05, 3.63) is 41.2 Å². The Bertz CT molecular complexity index is 638. The molecule has 1 aromatic rings. The zero-order chi connectivity index (χ0) is 15.4. The van der Waals surface area contributed by atoms with Crippen LogP contribution in [0.25, 0.3) is 0 Å². The summed E-state index contributed by atoms with van der Waals surface area (Å²) < 4.78 is 20.5. The molecule has 112 valence electrons. The summed E-state index contributed by atoms with van der Waals surface area (Å²) in [5, 5.41) is 3.84. The Morgan fingerprint density at radius 1 is 1.62 bits per heavy atom. The number of fused-ring (bicyclic) bond motifs is 4. The monoisotopic (exact) mass is 326 g/mol. The van der Waals surface area contributed by atoms with Crippen LogP contribution in [0.4, 0.5) is 4.39 Å². The number of ether oxygens (including phenoxy) is 1. The number of hydrogen-bond acceptors (Lipinski definition) is 2. The molecule has 3 atom stereocenters. The van der Waals surface area contributed by atoms with Crippen LogP contribution in [0.2, 0.25) is 5.02 Å². The predicted octanol–water partition coefficient (Wildman–Crippen LogP) is 3.64. The van der Waals surface area contributed by atoms with Crippen LogP contribution in [0, 0.1) is 11.7 Å². The number of nitrogens with zero attached hydrogens (tertiary/aromatic N) is 1. The summed E-state index contributed by atoms with van der Waals surface area (Å²) in [6.07, 6.45) is 1.77. The first kappa shape index (κ1) is 14.6. The number of hydrogen-bond donors (Lipinski definition) is 1. The van der Waals surface area contributed by atoms with Gasteiger partial charge in [-0.1, -0.05) is 24.6 Å². The van der Waals surface area contributed by atoms with Gasteiger partial charge in [0.1, 0.15) is 5.75 Å². The van der Waals surface area contributed by atoms with Crippen molar-refractivity contribution in [2.24, 2.45) is 5.92 Å². The van der Waals surface area contributed by atoms with Gasteiger partial charge in [-0.15, -0.1) is 6.58 Å². The van der Waals surface area contributed by atoms with Crippen molar-refractivity contribution in [1.29, 1.82) is 0 Å². The van der Waals surface area contributed by atoms with Gasteiger partial charge in [0.05, 0.1) is 16.6 Å². The second-order valence-electron chi connectivity index (χ2n) is 5.55. The SMILES string of the molecule is C=CCN1C(=S)NC2c3c(ccc(Cl)c3F)OC1(C)C2C. The molecule has 2 heterocycles. The molecule has 0 saturated carbocycles. The quantitative estimate of drug-likeness (QED) is 0.662. The molecule has 3 rings (SSSR count). The van der Waals surface area contributed by atoms with Crippen molar-refractivity contribution in [2.45, 2.75) is 25.6 Å². The Morgan fingerprint density at radius 2 is 2.33 bits per heavy atom. The Kier molecular flexibility index (Phi) is 3.37. The maximum Gasteiger partial charge on any atom is 0.187 e. The van der Waals surface area contributed by atoms with Gasteiger partial charge in [0, 0.05) is 12.5 Å². The molecule has 6 heteroatoms. The van der Waals surface area contributed by atoms with Crippen LogP contribution in [0.3, 0.4) is 0 Å². The van der Waals surface area contributed by atoms with Crippen molar-refractivity contribution < 1.29 is 9.13 Å².